The van der Waals surface area contributed by atoms with Crippen LogP contribution in [0.25, 0.3) is 0 Å². The van der Waals surface area contributed by atoms with Gasteiger partial charge in [0, 0.05) is 5.69 Å². The van der Waals surface area contributed by atoms with E-state index in [1.165, 1.54) is 12.1 Å². The third-order valence-electron chi connectivity index (χ3n) is 3.04. The van der Waals surface area contributed by atoms with Crippen molar-refractivity contribution in [1.82, 2.24) is 0 Å². The Morgan fingerprint density at radius 2 is 1.83 bits per heavy atom. The highest BCUT2D eigenvalue weighted by atomic mass is 19.4. The first kappa shape index (κ1) is 17.7. The molecule has 0 aliphatic rings. The molecule has 0 heterocycles. The van der Waals surface area contributed by atoms with Crippen LogP contribution in [0.15, 0.2) is 48.5 Å². The minimum absolute atomic E-state index is 0.0503. The van der Waals surface area contributed by atoms with Gasteiger partial charge in [0.1, 0.15) is 5.75 Å². The maximum atomic E-state index is 12.7. The molecule has 0 atom stereocenters. The van der Waals surface area contributed by atoms with E-state index in [9.17, 15) is 18.0 Å². The minimum Gasteiger partial charge on any atom is -0.491 e. The Hall–Kier alpha value is -2.70. The Morgan fingerprint density at radius 1 is 1.08 bits per heavy atom. The molecular weight excluding hydrogens is 321 g/mol. The Balaban J connectivity index is 2.06. The summed E-state index contributed by atoms with van der Waals surface area (Å²) in [5.74, 6) is 0.499. The van der Waals surface area contributed by atoms with Crippen molar-refractivity contribution >= 4 is 17.4 Å². The molecule has 2 N–H and O–H groups in total. The Kier molecular flexibility index (Phi) is 5.68. The fraction of sp³-hybridized carbons (Fsp3) is 0.235. The Morgan fingerprint density at radius 3 is 2.54 bits per heavy atom. The highest BCUT2D eigenvalue weighted by Gasteiger charge is 2.30. The van der Waals surface area contributed by atoms with E-state index >= 15 is 0 Å². The smallest absolute Gasteiger partial charge is 0.416 e. The van der Waals surface area contributed by atoms with Gasteiger partial charge in [0.05, 0.1) is 17.9 Å². The second-order valence-corrected chi connectivity index (χ2v) is 5.00. The molecule has 2 rings (SSSR count). The van der Waals surface area contributed by atoms with Crippen LogP contribution in [0.5, 0.6) is 5.75 Å². The van der Waals surface area contributed by atoms with E-state index in [4.69, 9.17) is 4.74 Å². The van der Waals surface area contributed by atoms with Gasteiger partial charge in [-0.15, -0.1) is 0 Å². The topological polar surface area (TPSA) is 50.4 Å². The summed E-state index contributed by atoms with van der Waals surface area (Å²) in [5, 5.41) is 4.95. The number of amides is 2. The Bertz CT molecular complexity index is 702. The van der Waals surface area contributed by atoms with Gasteiger partial charge in [-0.1, -0.05) is 25.1 Å². The lowest BCUT2D eigenvalue weighted by molar-refractivity contribution is -0.137. The van der Waals surface area contributed by atoms with Crippen LogP contribution in [-0.4, -0.2) is 12.6 Å². The van der Waals surface area contributed by atoms with Gasteiger partial charge in [-0.2, -0.15) is 13.2 Å². The SMILES string of the molecule is CCCOc1ccccc1NC(=O)Nc1cccc(C(F)(F)F)c1. The highest BCUT2D eigenvalue weighted by Crippen LogP contribution is 2.30. The van der Waals surface area contributed by atoms with Crippen molar-refractivity contribution in [3.05, 3.63) is 54.1 Å². The van der Waals surface area contributed by atoms with E-state index in [1.54, 1.807) is 24.3 Å². The van der Waals surface area contributed by atoms with Crippen molar-refractivity contribution in [1.29, 1.82) is 0 Å². The van der Waals surface area contributed by atoms with Crippen LogP contribution in [-0.2, 0) is 6.18 Å². The highest BCUT2D eigenvalue weighted by molar-refractivity contribution is 6.00. The molecule has 0 radical (unpaired) electrons. The number of carbonyl (C=O) groups is 1. The van der Waals surface area contributed by atoms with Gasteiger partial charge in [0.15, 0.2) is 0 Å². The van der Waals surface area contributed by atoms with Crippen molar-refractivity contribution in [2.75, 3.05) is 17.2 Å². The Labute approximate surface area is 137 Å². The summed E-state index contributed by atoms with van der Waals surface area (Å²) in [4.78, 5) is 12.0. The molecule has 0 bridgehead atoms. The number of hydrogen-bond acceptors (Lipinski definition) is 2. The summed E-state index contributed by atoms with van der Waals surface area (Å²) < 4.78 is 43.5. The van der Waals surface area contributed by atoms with Gasteiger partial charge < -0.3 is 15.4 Å². The van der Waals surface area contributed by atoms with Crippen molar-refractivity contribution in [3.8, 4) is 5.75 Å². The monoisotopic (exact) mass is 338 g/mol. The number of halogens is 3. The number of urea groups is 1. The van der Waals surface area contributed by atoms with Gasteiger partial charge in [0.25, 0.3) is 0 Å². The molecule has 24 heavy (non-hydrogen) atoms. The van der Waals surface area contributed by atoms with E-state index in [0.29, 0.717) is 18.0 Å². The average Bonchev–Trinajstić information content (AvgIpc) is 2.53. The summed E-state index contributed by atoms with van der Waals surface area (Å²) in [6, 6.07) is 10.6. The van der Waals surface area contributed by atoms with Crippen LogP contribution in [0.3, 0.4) is 0 Å². The third-order valence-corrected chi connectivity index (χ3v) is 3.04. The zero-order chi connectivity index (χ0) is 17.6. The van der Waals surface area contributed by atoms with Gasteiger partial charge in [0.2, 0.25) is 0 Å². The molecule has 0 aliphatic carbocycles. The summed E-state index contributed by atoms with van der Waals surface area (Å²) in [6.07, 6.45) is -3.65. The van der Waals surface area contributed by atoms with E-state index < -0.39 is 17.8 Å². The van der Waals surface area contributed by atoms with Crippen LogP contribution < -0.4 is 15.4 Å². The van der Waals surface area contributed by atoms with Gasteiger partial charge in [-0.05, 0) is 36.8 Å². The van der Waals surface area contributed by atoms with Crippen molar-refractivity contribution < 1.29 is 22.7 Å². The first-order chi connectivity index (χ1) is 11.4. The van der Waals surface area contributed by atoms with Gasteiger partial charge >= 0.3 is 12.2 Å². The number of para-hydroxylation sites is 2. The fourth-order valence-corrected chi connectivity index (χ4v) is 1.97. The molecule has 2 amide bonds. The number of alkyl halides is 3. The normalized spacial score (nSPS) is 11.0. The maximum absolute atomic E-state index is 12.7. The lowest BCUT2D eigenvalue weighted by atomic mass is 10.2. The number of nitrogens with one attached hydrogen (secondary N) is 2. The lowest BCUT2D eigenvalue weighted by Crippen LogP contribution is -2.20. The van der Waals surface area contributed by atoms with Crippen LogP contribution in [0.2, 0.25) is 0 Å². The molecule has 0 aliphatic heterocycles. The predicted molar refractivity (Wildman–Crippen MR) is 86.3 cm³/mol. The van der Waals surface area contributed by atoms with Crippen LogP contribution in [0.4, 0.5) is 29.3 Å². The summed E-state index contributed by atoms with van der Waals surface area (Å²) in [5.41, 5.74) is -0.336. The van der Waals surface area contributed by atoms with E-state index in [2.05, 4.69) is 10.6 Å². The van der Waals surface area contributed by atoms with Crippen molar-refractivity contribution in [2.24, 2.45) is 0 Å². The first-order valence-electron chi connectivity index (χ1n) is 7.37. The summed E-state index contributed by atoms with van der Waals surface area (Å²) in [7, 11) is 0. The van der Waals surface area contributed by atoms with Crippen molar-refractivity contribution in [2.45, 2.75) is 19.5 Å². The molecule has 2 aromatic carbocycles. The molecule has 0 fully saturated rings. The van der Waals surface area contributed by atoms with Gasteiger partial charge in [-0.3, -0.25) is 0 Å². The largest absolute Gasteiger partial charge is 0.491 e. The predicted octanol–water partition coefficient (Wildman–Crippen LogP) is 5.14. The molecule has 0 saturated carbocycles. The van der Waals surface area contributed by atoms with Crippen molar-refractivity contribution in [3.63, 3.8) is 0 Å². The van der Waals surface area contributed by atoms with E-state index in [0.717, 1.165) is 18.6 Å². The molecule has 0 unspecified atom stereocenters. The molecule has 7 heteroatoms. The minimum atomic E-state index is -4.46. The molecule has 0 saturated heterocycles. The molecule has 0 spiro atoms. The molecule has 4 nitrogen and oxygen atoms in total. The van der Waals surface area contributed by atoms with Crippen LogP contribution in [0, 0.1) is 0 Å². The zero-order valence-electron chi connectivity index (χ0n) is 13.0. The molecular formula is C17H17F3N2O2. The quantitative estimate of drug-likeness (QED) is 0.793. The maximum Gasteiger partial charge on any atom is 0.416 e. The van der Waals surface area contributed by atoms with Gasteiger partial charge in [-0.25, -0.2) is 4.79 Å². The number of carbonyl (C=O) groups excluding carboxylic acids is 1. The third kappa shape index (κ3) is 4.91. The van der Waals surface area contributed by atoms with E-state index in [1.807, 2.05) is 6.92 Å². The summed E-state index contributed by atoms with van der Waals surface area (Å²) in [6.45, 7) is 2.45. The standard InChI is InChI=1S/C17H17F3N2O2/c1-2-10-24-15-9-4-3-8-14(15)22-16(23)21-13-7-5-6-12(11-13)17(18,19)20/h3-9,11H,2,10H2,1H3,(H2,21,22,23). The average molecular weight is 338 g/mol. The number of ether oxygens (including phenoxy) is 1. The zero-order valence-corrected chi connectivity index (χ0v) is 13.0. The number of anilines is 2. The lowest BCUT2D eigenvalue weighted by Gasteiger charge is -2.13. The van der Waals surface area contributed by atoms with Crippen LogP contribution >= 0.6 is 0 Å². The second-order valence-electron chi connectivity index (χ2n) is 5.00. The number of rotatable bonds is 5. The molecule has 2 aromatic rings. The van der Waals surface area contributed by atoms with E-state index in [-0.39, 0.29) is 5.69 Å². The molecule has 0 aromatic heterocycles. The first-order valence-corrected chi connectivity index (χ1v) is 7.37. The summed E-state index contributed by atoms with van der Waals surface area (Å²) >= 11 is 0. The number of hydrogen-bond donors (Lipinski definition) is 2. The molecule has 128 valence electrons. The number of benzene rings is 2. The fourth-order valence-electron chi connectivity index (χ4n) is 1.97. The second kappa shape index (κ2) is 7.72. The van der Waals surface area contributed by atoms with Crippen LogP contribution in [0.1, 0.15) is 18.9 Å².